The van der Waals surface area contributed by atoms with Gasteiger partial charge in [0, 0.05) is 17.1 Å². The molecule has 2 N–H and O–H groups in total. The van der Waals surface area contributed by atoms with Gasteiger partial charge in [-0.3, -0.25) is 9.59 Å². The topological polar surface area (TPSA) is 76.0 Å². The van der Waals surface area contributed by atoms with Crippen molar-refractivity contribution in [1.82, 2.24) is 14.8 Å². The summed E-state index contributed by atoms with van der Waals surface area (Å²) in [6, 6.07) is 9.71. The van der Waals surface area contributed by atoms with Crippen LogP contribution in [0.15, 0.2) is 48.1 Å². The molecule has 2 amide bonds. The quantitative estimate of drug-likeness (QED) is 0.202. The number of hydrogen-bond acceptors (Lipinski definition) is 4. The molecule has 38 heavy (non-hydrogen) atoms. The van der Waals surface area contributed by atoms with E-state index < -0.39 is 6.93 Å². The molecule has 10 heteroatoms. The SMILES string of the molecule is CC.CCCCCCC.C[B]n1ccc(C(=O)NCC(=O)Nc2nc(-c3cccc(C)c3)cs2)c1.FCF. The molecule has 1 aromatic carbocycles. The fraction of sp³-hybridized carbons (Fsp3) is 0.464. The van der Waals surface area contributed by atoms with Crippen molar-refractivity contribution in [2.24, 2.45) is 0 Å². The zero-order chi connectivity index (χ0) is 28.8. The van der Waals surface area contributed by atoms with Gasteiger partial charge in [-0.15, -0.1) is 11.3 Å². The fourth-order valence-electron chi connectivity index (χ4n) is 3.08. The molecule has 0 aliphatic carbocycles. The minimum absolute atomic E-state index is 0.112. The van der Waals surface area contributed by atoms with E-state index in [0.717, 1.165) is 16.8 Å². The summed E-state index contributed by atoms with van der Waals surface area (Å²) in [6.07, 6.45) is 10.5. The molecule has 3 rings (SSSR count). The summed E-state index contributed by atoms with van der Waals surface area (Å²) in [7, 11) is 1.83. The van der Waals surface area contributed by atoms with Gasteiger partial charge in [0.1, 0.15) is 0 Å². The molecule has 2 aromatic heterocycles. The summed E-state index contributed by atoms with van der Waals surface area (Å²) < 4.78 is 21.0. The van der Waals surface area contributed by atoms with Crippen molar-refractivity contribution in [3.8, 4) is 11.3 Å². The summed E-state index contributed by atoms with van der Waals surface area (Å²) in [6.45, 7) is 10.5. The number of aromatic nitrogens is 2. The number of carbonyl (C=O) groups is 2. The van der Waals surface area contributed by atoms with Crippen molar-refractivity contribution >= 4 is 35.7 Å². The Labute approximate surface area is 231 Å². The van der Waals surface area contributed by atoms with E-state index >= 15 is 0 Å². The lowest BCUT2D eigenvalue weighted by molar-refractivity contribution is -0.115. The first kappa shape index (κ1) is 35.0. The van der Waals surface area contributed by atoms with Crippen LogP contribution in [0.3, 0.4) is 0 Å². The van der Waals surface area contributed by atoms with E-state index in [2.05, 4.69) is 29.5 Å². The van der Waals surface area contributed by atoms with Crippen molar-refractivity contribution < 1.29 is 18.4 Å². The molecular formula is C28H42BF2N4O2S. The van der Waals surface area contributed by atoms with Crippen LogP contribution >= 0.6 is 11.3 Å². The Morgan fingerprint density at radius 1 is 1.08 bits per heavy atom. The van der Waals surface area contributed by atoms with Crippen LogP contribution in [-0.4, -0.2) is 42.2 Å². The van der Waals surface area contributed by atoms with Crippen LogP contribution in [0.1, 0.15) is 75.7 Å². The highest BCUT2D eigenvalue weighted by Crippen LogP contribution is 2.25. The maximum atomic E-state index is 12.0. The summed E-state index contributed by atoms with van der Waals surface area (Å²) >= 11 is 1.35. The molecule has 3 aromatic rings. The summed E-state index contributed by atoms with van der Waals surface area (Å²) in [5.41, 5.74) is 3.48. The minimum atomic E-state index is -1.75. The Morgan fingerprint density at radius 2 is 1.74 bits per heavy atom. The van der Waals surface area contributed by atoms with Crippen LogP contribution in [0.2, 0.25) is 6.82 Å². The predicted molar refractivity (Wildman–Crippen MR) is 158 cm³/mol. The van der Waals surface area contributed by atoms with E-state index in [4.69, 9.17) is 0 Å². The zero-order valence-electron chi connectivity index (χ0n) is 23.5. The fourth-order valence-corrected chi connectivity index (χ4v) is 3.81. The van der Waals surface area contributed by atoms with E-state index in [1.807, 2.05) is 64.7 Å². The molecule has 0 aliphatic heterocycles. The van der Waals surface area contributed by atoms with Gasteiger partial charge in [0.05, 0.1) is 17.8 Å². The molecule has 2 heterocycles. The number of amides is 2. The van der Waals surface area contributed by atoms with E-state index in [9.17, 15) is 18.4 Å². The van der Waals surface area contributed by atoms with Gasteiger partial charge in [0.15, 0.2) is 5.13 Å². The number of alkyl halides is 2. The Balaban J connectivity index is 0.000000966. The summed E-state index contributed by atoms with van der Waals surface area (Å²) in [5, 5.41) is 7.72. The monoisotopic (exact) mass is 547 g/mol. The number of thiazole rings is 1. The number of benzene rings is 1. The lowest BCUT2D eigenvalue weighted by atomic mass is 10.0. The molecule has 0 unspecified atom stereocenters. The van der Waals surface area contributed by atoms with Gasteiger partial charge in [-0.25, -0.2) is 13.8 Å². The van der Waals surface area contributed by atoms with Gasteiger partial charge in [0.2, 0.25) is 20.2 Å². The third-order valence-corrected chi connectivity index (χ3v) is 5.71. The summed E-state index contributed by atoms with van der Waals surface area (Å²) in [5.74, 6) is -0.606. The molecule has 0 saturated carbocycles. The third kappa shape index (κ3) is 14.7. The molecule has 209 valence electrons. The molecule has 0 saturated heterocycles. The Hall–Kier alpha value is -3.01. The van der Waals surface area contributed by atoms with Gasteiger partial charge in [0.25, 0.3) is 5.91 Å². The molecule has 0 aliphatic rings. The maximum Gasteiger partial charge on any atom is 0.253 e. The maximum absolute atomic E-state index is 12.0. The van der Waals surface area contributed by atoms with Crippen molar-refractivity contribution in [2.45, 2.75) is 73.5 Å². The number of rotatable bonds is 10. The van der Waals surface area contributed by atoms with Gasteiger partial charge in [-0.1, -0.05) is 90.4 Å². The number of nitrogens with zero attached hydrogens (tertiary/aromatic N) is 2. The lowest BCUT2D eigenvalue weighted by Crippen LogP contribution is -2.32. The Bertz CT molecular complexity index is 1040. The first-order chi connectivity index (χ1) is 18.4. The number of halogens is 2. The van der Waals surface area contributed by atoms with E-state index in [1.54, 1.807) is 22.9 Å². The second-order valence-corrected chi connectivity index (χ2v) is 8.76. The number of nitrogens with one attached hydrogen (secondary N) is 2. The number of unbranched alkanes of at least 4 members (excludes halogenated alkanes) is 4. The molecule has 0 fully saturated rings. The largest absolute Gasteiger partial charge is 0.402 e. The van der Waals surface area contributed by atoms with Gasteiger partial charge in [-0.05, 0) is 25.3 Å². The van der Waals surface area contributed by atoms with Crippen molar-refractivity contribution in [2.75, 3.05) is 18.8 Å². The molecule has 1 radical (unpaired) electrons. The predicted octanol–water partition coefficient (Wildman–Crippen LogP) is 7.69. The highest BCUT2D eigenvalue weighted by molar-refractivity contribution is 7.14. The average molecular weight is 548 g/mol. The highest BCUT2D eigenvalue weighted by atomic mass is 32.1. The minimum Gasteiger partial charge on any atom is -0.402 e. The van der Waals surface area contributed by atoms with Crippen LogP contribution < -0.4 is 10.6 Å². The molecular weight excluding hydrogens is 505 g/mol. The lowest BCUT2D eigenvalue weighted by Gasteiger charge is -2.04. The van der Waals surface area contributed by atoms with Crippen LogP contribution in [0.25, 0.3) is 11.3 Å². The zero-order valence-corrected chi connectivity index (χ0v) is 24.3. The highest BCUT2D eigenvalue weighted by Gasteiger charge is 2.11. The van der Waals surface area contributed by atoms with Crippen LogP contribution in [0, 0.1) is 6.92 Å². The van der Waals surface area contributed by atoms with Crippen LogP contribution in [-0.2, 0) is 4.79 Å². The normalized spacial score (nSPS) is 9.47. The van der Waals surface area contributed by atoms with Gasteiger partial charge >= 0.3 is 0 Å². The van der Waals surface area contributed by atoms with E-state index in [0.29, 0.717) is 10.7 Å². The third-order valence-electron chi connectivity index (χ3n) is 4.96. The van der Waals surface area contributed by atoms with Crippen molar-refractivity contribution in [3.63, 3.8) is 0 Å². The first-order valence-electron chi connectivity index (χ1n) is 13.1. The average Bonchev–Trinajstić information content (AvgIpc) is 3.60. The Morgan fingerprint density at radius 3 is 2.29 bits per heavy atom. The number of aryl methyl sites for hydroxylation is 1. The number of carbonyl (C=O) groups excluding carboxylic acids is 2. The standard InChI is InChI=1S/C18H18BN4O2S.C7H16.C2H6.CH2F2/c1-12-4-3-5-13(8-12)15-11-26-18(21-15)22-16(24)9-20-17(25)14-6-7-23(10-14)19-2;1-3-5-7-6-4-2;1-2;2-1-3/h3-8,10-11H,9H2,1-2H3,(H,20,25)(H,21,22,24);3-7H2,1-2H3;1-2H3;1H2. The Kier molecular flexibility index (Phi) is 20.3. The molecule has 6 nitrogen and oxygen atoms in total. The second kappa shape index (κ2) is 22.0. The number of hydrogen-bond donors (Lipinski definition) is 2. The second-order valence-electron chi connectivity index (χ2n) is 7.91. The van der Waals surface area contributed by atoms with Gasteiger partial charge in [-0.2, -0.15) is 0 Å². The smallest absolute Gasteiger partial charge is 0.253 e. The van der Waals surface area contributed by atoms with E-state index in [-0.39, 0.29) is 18.4 Å². The van der Waals surface area contributed by atoms with Crippen molar-refractivity contribution in [1.29, 1.82) is 0 Å². The van der Waals surface area contributed by atoms with Crippen LogP contribution in [0.4, 0.5) is 13.9 Å². The van der Waals surface area contributed by atoms with Gasteiger partial charge < -0.3 is 15.1 Å². The van der Waals surface area contributed by atoms with Crippen molar-refractivity contribution in [3.05, 3.63) is 59.2 Å². The summed E-state index contributed by atoms with van der Waals surface area (Å²) in [4.78, 5) is 28.5. The first-order valence-corrected chi connectivity index (χ1v) is 14.0. The molecule has 0 atom stereocenters. The van der Waals surface area contributed by atoms with Crippen LogP contribution in [0.5, 0.6) is 0 Å². The molecule has 0 bridgehead atoms. The number of anilines is 1. The van der Waals surface area contributed by atoms with E-state index in [1.165, 1.54) is 43.4 Å². The molecule has 0 spiro atoms.